The monoisotopic (exact) mass is 409 g/mol. The van der Waals surface area contributed by atoms with Crippen LogP contribution in [0.4, 0.5) is 18.0 Å². The summed E-state index contributed by atoms with van der Waals surface area (Å²) in [6, 6.07) is 10.6. The van der Waals surface area contributed by atoms with Gasteiger partial charge in [-0.05, 0) is 36.2 Å². The number of imide groups is 1. The van der Waals surface area contributed by atoms with Crippen molar-refractivity contribution in [3.8, 4) is 5.75 Å². The van der Waals surface area contributed by atoms with Gasteiger partial charge in [-0.2, -0.15) is 13.2 Å². The summed E-state index contributed by atoms with van der Waals surface area (Å²) in [4.78, 5) is 34.8. The molecule has 0 radical (unpaired) electrons. The molecule has 1 unspecified atom stereocenters. The molecule has 0 aliphatic carbocycles. The number of amides is 2. The number of hydrogen-bond acceptors (Lipinski definition) is 5. The van der Waals surface area contributed by atoms with Gasteiger partial charge >= 0.3 is 6.18 Å². The Kier molecular flexibility index (Phi) is 5.73. The summed E-state index contributed by atoms with van der Waals surface area (Å²) in [5.74, 6) is -0.364. The van der Waals surface area contributed by atoms with E-state index in [1.807, 2.05) is 0 Å². The van der Waals surface area contributed by atoms with Gasteiger partial charge in [-0.15, -0.1) is 0 Å². The predicted octanol–water partition coefficient (Wildman–Crippen LogP) is 3.86. The maximum Gasteiger partial charge on any atom is 0.416 e. The summed E-state index contributed by atoms with van der Waals surface area (Å²) in [6.45, 7) is -0.319. The molecule has 1 aliphatic rings. The summed E-state index contributed by atoms with van der Waals surface area (Å²) < 4.78 is 43.0. The van der Waals surface area contributed by atoms with E-state index in [0.29, 0.717) is 12.2 Å². The first-order valence-corrected chi connectivity index (χ1v) is 9.04. The summed E-state index contributed by atoms with van der Waals surface area (Å²) in [5.41, 5.74) is 0.124. The second kappa shape index (κ2) is 8.05. The number of rotatable bonds is 6. The Balaban J connectivity index is 1.54. The van der Waals surface area contributed by atoms with Crippen molar-refractivity contribution >= 4 is 28.7 Å². The standard InChI is InChI=1S/C19H14F3NO4S/c20-19(21,22)13-5-3-12(4-6-13)15(24)10-27-14-7-1-11(2-8-14)9-16-17(25)23-18(26)28-16/h1-8,16H,9-10H2,(H,23,25,26). The lowest BCUT2D eigenvalue weighted by atomic mass is 10.1. The van der Waals surface area contributed by atoms with Gasteiger partial charge in [-0.25, -0.2) is 0 Å². The van der Waals surface area contributed by atoms with Gasteiger partial charge in [-0.3, -0.25) is 19.7 Å². The number of carbonyl (C=O) groups excluding carboxylic acids is 3. The molecule has 28 heavy (non-hydrogen) atoms. The molecule has 1 aliphatic heterocycles. The van der Waals surface area contributed by atoms with E-state index < -0.39 is 22.8 Å². The number of alkyl halides is 3. The van der Waals surface area contributed by atoms with Crippen LogP contribution >= 0.6 is 11.8 Å². The molecule has 2 aromatic carbocycles. The third-order valence-corrected chi connectivity index (χ3v) is 5.00. The van der Waals surface area contributed by atoms with E-state index in [4.69, 9.17) is 4.74 Å². The van der Waals surface area contributed by atoms with Crippen LogP contribution in [0.5, 0.6) is 5.75 Å². The maximum atomic E-state index is 12.5. The van der Waals surface area contributed by atoms with Crippen molar-refractivity contribution in [1.82, 2.24) is 5.32 Å². The van der Waals surface area contributed by atoms with Crippen molar-refractivity contribution in [3.63, 3.8) is 0 Å². The molecule has 2 amide bonds. The van der Waals surface area contributed by atoms with Crippen LogP contribution in [0.3, 0.4) is 0 Å². The first-order valence-electron chi connectivity index (χ1n) is 8.16. The van der Waals surface area contributed by atoms with Crippen molar-refractivity contribution in [2.75, 3.05) is 6.61 Å². The number of carbonyl (C=O) groups is 3. The van der Waals surface area contributed by atoms with Crippen LogP contribution in [0.2, 0.25) is 0 Å². The van der Waals surface area contributed by atoms with Gasteiger partial charge in [0.05, 0.1) is 10.8 Å². The molecule has 3 rings (SSSR count). The highest BCUT2D eigenvalue weighted by Gasteiger charge is 2.31. The summed E-state index contributed by atoms with van der Waals surface area (Å²) in [5, 5.41) is 1.38. The fraction of sp³-hybridized carbons (Fsp3) is 0.211. The smallest absolute Gasteiger partial charge is 0.416 e. The molecule has 5 nitrogen and oxygen atoms in total. The predicted molar refractivity (Wildman–Crippen MR) is 96.3 cm³/mol. The molecule has 1 saturated heterocycles. The van der Waals surface area contributed by atoms with Crippen LogP contribution in [0, 0.1) is 0 Å². The molecule has 2 aromatic rings. The second-order valence-electron chi connectivity index (χ2n) is 6.02. The van der Waals surface area contributed by atoms with E-state index in [-0.39, 0.29) is 23.3 Å². The van der Waals surface area contributed by atoms with Crippen LogP contribution < -0.4 is 10.1 Å². The minimum atomic E-state index is -4.45. The Morgan fingerprint density at radius 1 is 1.04 bits per heavy atom. The minimum absolute atomic E-state index is 0.124. The SMILES string of the molecule is O=C1NC(=O)C(Cc2ccc(OCC(=O)c3ccc(C(F)(F)F)cc3)cc2)S1. The lowest BCUT2D eigenvalue weighted by molar-refractivity contribution is -0.137. The number of Topliss-reactive ketones (excluding diaryl/α,β-unsaturated/α-hetero) is 1. The Labute approximate surface area is 162 Å². The molecule has 1 N–H and O–H groups in total. The van der Waals surface area contributed by atoms with Gasteiger partial charge in [0.2, 0.25) is 5.91 Å². The zero-order valence-corrected chi connectivity index (χ0v) is 15.1. The van der Waals surface area contributed by atoms with Gasteiger partial charge in [-0.1, -0.05) is 36.0 Å². The molecule has 0 aromatic heterocycles. The van der Waals surface area contributed by atoms with E-state index in [1.54, 1.807) is 24.3 Å². The van der Waals surface area contributed by atoms with Gasteiger partial charge in [0.25, 0.3) is 5.24 Å². The Hall–Kier alpha value is -2.81. The largest absolute Gasteiger partial charge is 0.485 e. The van der Waals surface area contributed by atoms with Crippen molar-refractivity contribution in [2.45, 2.75) is 17.8 Å². The Morgan fingerprint density at radius 2 is 1.68 bits per heavy atom. The van der Waals surface area contributed by atoms with Crippen LogP contribution in [0.25, 0.3) is 0 Å². The van der Waals surface area contributed by atoms with E-state index in [1.165, 1.54) is 0 Å². The topological polar surface area (TPSA) is 72.5 Å². The summed E-state index contributed by atoms with van der Waals surface area (Å²) in [6.07, 6.45) is -4.07. The number of ketones is 1. The lowest BCUT2D eigenvalue weighted by Crippen LogP contribution is -2.25. The van der Waals surface area contributed by atoms with Crippen LogP contribution in [-0.4, -0.2) is 28.8 Å². The molecule has 1 heterocycles. The van der Waals surface area contributed by atoms with Crippen LogP contribution in [0.15, 0.2) is 48.5 Å². The zero-order valence-electron chi connectivity index (χ0n) is 14.3. The van der Waals surface area contributed by atoms with E-state index in [2.05, 4.69) is 5.32 Å². The van der Waals surface area contributed by atoms with Crippen molar-refractivity contribution < 1.29 is 32.3 Å². The molecule has 1 atom stereocenters. The first kappa shape index (κ1) is 19.9. The van der Waals surface area contributed by atoms with Crippen LogP contribution in [0.1, 0.15) is 21.5 Å². The number of ether oxygens (including phenoxy) is 1. The molecule has 1 fully saturated rings. The molecular formula is C19H14F3NO4S. The number of nitrogens with one attached hydrogen (secondary N) is 1. The van der Waals surface area contributed by atoms with Gasteiger partial charge in [0.15, 0.2) is 12.4 Å². The second-order valence-corrected chi connectivity index (χ2v) is 7.19. The van der Waals surface area contributed by atoms with E-state index >= 15 is 0 Å². The molecule has 0 saturated carbocycles. The minimum Gasteiger partial charge on any atom is -0.485 e. The number of benzene rings is 2. The molecule has 146 valence electrons. The van der Waals surface area contributed by atoms with E-state index in [0.717, 1.165) is 41.6 Å². The normalized spacial score (nSPS) is 16.8. The van der Waals surface area contributed by atoms with Crippen molar-refractivity contribution in [1.29, 1.82) is 0 Å². The lowest BCUT2D eigenvalue weighted by Gasteiger charge is -2.09. The Bertz CT molecular complexity index is 895. The van der Waals surface area contributed by atoms with Crippen molar-refractivity contribution in [2.24, 2.45) is 0 Å². The quantitative estimate of drug-likeness (QED) is 0.734. The average molecular weight is 409 g/mol. The number of halogens is 3. The third-order valence-electron chi connectivity index (χ3n) is 4.02. The highest BCUT2D eigenvalue weighted by molar-refractivity contribution is 8.15. The highest BCUT2D eigenvalue weighted by Crippen LogP contribution is 2.29. The van der Waals surface area contributed by atoms with Crippen LogP contribution in [-0.2, 0) is 17.4 Å². The molecule has 0 bridgehead atoms. The van der Waals surface area contributed by atoms with E-state index in [9.17, 15) is 27.6 Å². The van der Waals surface area contributed by atoms with Gasteiger partial charge in [0, 0.05) is 5.56 Å². The third kappa shape index (κ3) is 4.92. The average Bonchev–Trinajstić information content (AvgIpc) is 2.97. The molecule has 0 spiro atoms. The molecular weight excluding hydrogens is 395 g/mol. The van der Waals surface area contributed by atoms with Gasteiger partial charge in [0.1, 0.15) is 5.75 Å². The Morgan fingerprint density at radius 3 is 2.21 bits per heavy atom. The van der Waals surface area contributed by atoms with Crippen molar-refractivity contribution in [3.05, 3.63) is 65.2 Å². The fourth-order valence-corrected chi connectivity index (χ4v) is 3.40. The maximum absolute atomic E-state index is 12.5. The van der Waals surface area contributed by atoms with Gasteiger partial charge < -0.3 is 4.74 Å². The summed E-state index contributed by atoms with van der Waals surface area (Å²) >= 11 is 0.941. The molecule has 9 heteroatoms. The summed E-state index contributed by atoms with van der Waals surface area (Å²) in [7, 11) is 0. The fourth-order valence-electron chi connectivity index (χ4n) is 2.54. The number of hydrogen-bond donors (Lipinski definition) is 1. The highest BCUT2D eigenvalue weighted by atomic mass is 32.2. The number of thioether (sulfide) groups is 1. The first-order chi connectivity index (χ1) is 13.2. The zero-order chi connectivity index (χ0) is 20.3.